The Morgan fingerprint density at radius 2 is 2.11 bits per heavy atom. The highest BCUT2D eigenvalue weighted by molar-refractivity contribution is 7.18. The summed E-state index contributed by atoms with van der Waals surface area (Å²) in [6.45, 7) is 6.19. The van der Waals surface area contributed by atoms with Crippen molar-refractivity contribution < 1.29 is 4.92 Å². The van der Waals surface area contributed by atoms with E-state index in [1.165, 1.54) is 29.5 Å². The van der Waals surface area contributed by atoms with Crippen molar-refractivity contribution in [3.05, 3.63) is 65.5 Å². The predicted molar refractivity (Wildman–Crippen MR) is 108 cm³/mol. The summed E-state index contributed by atoms with van der Waals surface area (Å²) in [6, 6.07) is 4.16. The fourth-order valence-corrected chi connectivity index (χ4v) is 4.09. The molecule has 0 fully saturated rings. The van der Waals surface area contributed by atoms with E-state index in [1.807, 2.05) is 32.7 Å². The number of nitro groups is 1. The number of aromatic nitrogens is 2. The molecule has 0 aliphatic heterocycles. The smallest absolute Gasteiger partial charge is 0.269 e. The molecule has 7 nitrogen and oxygen atoms in total. The molecule has 0 radical (unpaired) electrons. The minimum atomic E-state index is -0.447. The second kappa shape index (κ2) is 7.38. The van der Waals surface area contributed by atoms with Gasteiger partial charge in [0, 0.05) is 28.6 Å². The molecule has 0 aliphatic carbocycles. The number of nitrogens with zero attached hydrogens (tertiary/aromatic N) is 3. The number of benzene rings is 1. The molecule has 27 heavy (non-hydrogen) atoms. The zero-order valence-corrected chi connectivity index (χ0v) is 16.9. The molecule has 1 N–H and O–H groups in total. The third-order valence-corrected chi connectivity index (χ3v) is 6.24. The van der Waals surface area contributed by atoms with Crippen LogP contribution in [0, 0.1) is 24.0 Å². The Morgan fingerprint density at radius 3 is 2.78 bits per heavy atom. The normalized spacial score (nSPS) is 12.7. The van der Waals surface area contributed by atoms with Gasteiger partial charge in [-0.2, -0.15) is 0 Å². The van der Waals surface area contributed by atoms with Crippen molar-refractivity contribution in [2.24, 2.45) is 0 Å². The monoisotopic (exact) mass is 406 g/mol. The minimum Gasteiger partial charge on any atom is -0.309 e. The van der Waals surface area contributed by atoms with Crippen LogP contribution < -0.4 is 5.56 Å². The Labute approximate surface area is 164 Å². The molecular weight excluding hydrogens is 388 g/mol. The molecule has 0 aliphatic rings. The van der Waals surface area contributed by atoms with Crippen molar-refractivity contribution >= 4 is 38.8 Å². The number of fused-ring (bicyclic) bond motifs is 1. The second-order valence-electron chi connectivity index (χ2n) is 6.54. The summed E-state index contributed by atoms with van der Waals surface area (Å²) < 4.78 is 0. The Morgan fingerprint density at radius 1 is 1.41 bits per heavy atom. The minimum absolute atomic E-state index is 0.00654. The fraction of sp³-hybridized carbons (Fsp3) is 0.333. The lowest BCUT2D eigenvalue weighted by Crippen LogP contribution is -2.26. The first-order valence-electron chi connectivity index (χ1n) is 8.32. The zero-order chi connectivity index (χ0) is 19.9. The van der Waals surface area contributed by atoms with Gasteiger partial charge in [-0.15, -0.1) is 11.3 Å². The summed E-state index contributed by atoms with van der Waals surface area (Å²) in [7, 11) is 1.86. The van der Waals surface area contributed by atoms with Crippen molar-refractivity contribution in [3.63, 3.8) is 0 Å². The van der Waals surface area contributed by atoms with Crippen LogP contribution in [-0.4, -0.2) is 26.8 Å². The molecule has 2 aromatic heterocycles. The maximum absolute atomic E-state index is 12.5. The SMILES string of the molecule is Cc1sc2nc(C(C)N(C)Cc3cc([N+](=O)[O-])ccc3Cl)[nH]c(=O)c2c1C. The van der Waals surface area contributed by atoms with Crippen molar-refractivity contribution in [1.82, 2.24) is 14.9 Å². The average Bonchev–Trinajstić information content (AvgIpc) is 2.90. The topological polar surface area (TPSA) is 92.1 Å². The van der Waals surface area contributed by atoms with Crippen LogP contribution in [0.4, 0.5) is 5.69 Å². The Bertz CT molecular complexity index is 1090. The molecule has 0 saturated heterocycles. The average molecular weight is 407 g/mol. The van der Waals surface area contributed by atoms with E-state index in [2.05, 4.69) is 9.97 Å². The number of nitrogens with one attached hydrogen (secondary N) is 1. The number of rotatable bonds is 5. The van der Waals surface area contributed by atoms with Crippen LogP contribution in [0.25, 0.3) is 10.2 Å². The molecular formula is C18H19ClN4O3S. The lowest BCUT2D eigenvalue weighted by Gasteiger charge is -2.24. The molecule has 1 unspecified atom stereocenters. The van der Waals surface area contributed by atoms with E-state index in [-0.39, 0.29) is 17.3 Å². The van der Waals surface area contributed by atoms with Crippen molar-refractivity contribution in [2.75, 3.05) is 7.05 Å². The van der Waals surface area contributed by atoms with Crippen LogP contribution in [0.2, 0.25) is 5.02 Å². The van der Waals surface area contributed by atoms with Gasteiger partial charge in [0.2, 0.25) is 0 Å². The highest BCUT2D eigenvalue weighted by Gasteiger charge is 2.20. The van der Waals surface area contributed by atoms with Crippen molar-refractivity contribution in [2.45, 2.75) is 33.4 Å². The number of H-pyrrole nitrogens is 1. The second-order valence-corrected chi connectivity index (χ2v) is 8.15. The molecule has 3 rings (SSSR count). The van der Waals surface area contributed by atoms with Gasteiger partial charge >= 0.3 is 0 Å². The third-order valence-electron chi connectivity index (χ3n) is 4.77. The van der Waals surface area contributed by atoms with Gasteiger partial charge in [-0.3, -0.25) is 19.8 Å². The molecule has 0 saturated carbocycles. The van der Waals surface area contributed by atoms with Gasteiger partial charge in [0.15, 0.2) is 0 Å². The quantitative estimate of drug-likeness (QED) is 0.502. The highest BCUT2D eigenvalue weighted by atomic mass is 35.5. The molecule has 2 heterocycles. The Balaban J connectivity index is 1.91. The lowest BCUT2D eigenvalue weighted by molar-refractivity contribution is -0.384. The molecule has 0 spiro atoms. The number of aryl methyl sites for hydroxylation is 2. The van der Waals surface area contributed by atoms with Gasteiger partial charge in [-0.1, -0.05) is 11.6 Å². The summed E-state index contributed by atoms with van der Waals surface area (Å²) in [4.78, 5) is 34.3. The van der Waals surface area contributed by atoms with Crippen molar-refractivity contribution in [1.29, 1.82) is 0 Å². The van der Waals surface area contributed by atoms with Gasteiger partial charge in [-0.25, -0.2) is 4.98 Å². The summed E-state index contributed by atoms with van der Waals surface area (Å²) in [6.07, 6.45) is 0. The van der Waals surface area contributed by atoms with Crippen LogP contribution in [0.5, 0.6) is 0 Å². The van der Waals surface area contributed by atoms with Gasteiger partial charge in [0.1, 0.15) is 10.7 Å². The van der Waals surface area contributed by atoms with Gasteiger partial charge in [0.25, 0.3) is 11.2 Å². The van der Waals surface area contributed by atoms with Crippen LogP contribution in [0.1, 0.15) is 34.8 Å². The number of aromatic amines is 1. The molecule has 0 bridgehead atoms. The maximum Gasteiger partial charge on any atom is 0.269 e. The highest BCUT2D eigenvalue weighted by Crippen LogP contribution is 2.28. The van der Waals surface area contributed by atoms with Gasteiger partial charge in [-0.05, 0) is 45.0 Å². The van der Waals surface area contributed by atoms with Gasteiger partial charge < -0.3 is 4.98 Å². The number of halogens is 1. The van der Waals surface area contributed by atoms with Crippen LogP contribution in [0.3, 0.4) is 0 Å². The van der Waals surface area contributed by atoms with Crippen molar-refractivity contribution in [3.8, 4) is 0 Å². The number of nitro benzene ring substituents is 1. The van der Waals surface area contributed by atoms with E-state index in [1.54, 1.807) is 0 Å². The Hall–Kier alpha value is -2.29. The predicted octanol–water partition coefficient (Wildman–Crippen LogP) is 4.36. The standard InChI is InChI=1S/C18H19ClN4O3S/c1-9-11(3)27-18-15(9)17(24)20-16(21-18)10(2)22(4)8-12-7-13(23(25)26)5-6-14(12)19/h5-7,10H,8H2,1-4H3,(H,20,21,24). The summed E-state index contributed by atoms with van der Waals surface area (Å²) >= 11 is 7.70. The number of hydrogen-bond donors (Lipinski definition) is 1. The molecule has 1 aromatic carbocycles. The van der Waals surface area contributed by atoms with Crippen LogP contribution >= 0.6 is 22.9 Å². The number of thiophene rings is 1. The first-order chi connectivity index (χ1) is 12.7. The van der Waals surface area contributed by atoms with E-state index in [9.17, 15) is 14.9 Å². The molecule has 1 atom stereocenters. The van der Waals surface area contributed by atoms with Crippen LogP contribution in [-0.2, 0) is 6.54 Å². The lowest BCUT2D eigenvalue weighted by atomic mass is 10.1. The number of hydrogen-bond acceptors (Lipinski definition) is 6. The van der Waals surface area contributed by atoms with E-state index in [0.717, 1.165) is 15.3 Å². The van der Waals surface area contributed by atoms with E-state index in [4.69, 9.17) is 11.6 Å². The summed E-state index contributed by atoms with van der Waals surface area (Å²) in [5, 5.41) is 12.1. The fourth-order valence-electron chi connectivity index (χ4n) is 2.88. The van der Waals surface area contributed by atoms with E-state index in [0.29, 0.717) is 28.3 Å². The van der Waals surface area contributed by atoms with E-state index < -0.39 is 4.92 Å². The molecule has 142 valence electrons. The molecule has 9 heteroatoms. The first-order valence-corrected chi connectivity index (χ1v) is 9.51. The third kappa shape index (κ3) is 3.73. The maximum atomic E-state index is 12.5. The number of non-ortho nitro benzene ring substituents is 1. The Kier molecular flexibility index (Phi) is 5.32. The van der Waals surface area contributed by atoms with E-state index >= 15 is 0 Å². The summed E-state index contributed by atoms with van der Waals surface area (Å²) in [5.74, 6) is 0.554. The molecule has 0 amide bonds. The largest absolute Gasteiger partial charge is 0.309 e. The van der Waals surface area contributed by atoms with Gasteiger partial charge in [0.05, 0.1) is 16.4 Å². The summed E-state index contributed by atoms with van der Waals surface area (Å²) in [5.41, 5.74) is 1.45. The first kappa shape index (κ1) is 19.5. The molecule has 3 aromatic rings. The van der Waals surface area contributed by atoms with Crippen LogP contribution in [0.15, 0.2) is 23.0 Å². The zero-order valence-electron chi connectivity index (χ0n) is 15.4.